The van der Waals surface area contributed by atoms with Crippen LogP contribution in [0.5, 0.6) is 0 Å². The van der Waals surface area contributed by atoms with Crippen LogP contribution in [0.2, 0.25) is 0 Å². The Kier molecular flexibility index (Phi) is 8.69. The third kappa shape index (κ3) is 7.41. The van der Waals surface area contributed by atoms with E-state index in [1.807, 2.05) is 6.08 Å². The number of rotatable bonds is 13. The predicted octanol–water partition coefficient (Wildman–Crippen LogP) is 0.735. The molecule has 8 nitrogen and oxygen atoms in total. The molecule has 0 amide bonds. The summed E-state index contributed by atoms with van der Waals surface area (Å²) in [6.07, 6.45) is 5.37. The second-order valence-corrected chi connectivity index (χ2v) is 7.39. The summed E-state index contributed by atoms with van der Waals surface area (Å²) in [5.41, 5.74) is -2.37. The molecule has 0 radical (unpaired) electrons. The maximum absolute atomic E-state index is 12.2. The Hall–Kier alpha value is -1.48. The number of carbonyl (C=O) groups excluding carboxylic acids is 1. The lowest BCUT2D eigenvalue weighted by molar-refractivity contribution is -0.173. The lowest BCUT2D eigenvalue weighted by Gasteiger charge is -2.26. The van der Waals surface area contributed by atoms with Crippen molar-refractivity contribution in [2.24, 2.45) is 5.41 Å². The molecule has 1 aliphatic carbocycles. The first-order valence-electron chi connectivity index (χ1n) is 9.09. The number of carboxylic acid groups (broad SMARTS) is 1. The van der Waals surface area contributed by atoms with E-state index in [9.17, 15) is 19.8 Å². The number of hydrogen-bond donors (Lipinski definition) is 5. The molecule has 0 bridgehead atoms. The highest BCUT2D eigenvalue weighted by atomic mass is 16.6. The van der Waals surface area contributed by atoms with Crippen molar-refractivity contribution >= 4 is 11.9 Å². The van der Waals surface area contributed by atoms with Gasteiger partial charge in [0, 0.05) is 25.9 Å². The topological polar surface area (TPSA) is 128 Å². The number of allylic oxidation sites excluding steroid dienone is 1. The molecular formula is C18H32N2O6. The molecule has 5 N–H and O–H groups in total. The van der Waals surface area contributed by atoms with Gasteiger partial charge in [0.15, 0.2) is 0 Å². The Bertz CT molecular complexity index is 502. The van der Waals surface area contributed by atoms with Gasteiger partial charge in [-0.25, -0.2) is 4.79 Å². The highest BCUT2D eigenvalue weighted by Gasteiger charge is 2.56. The van der Waals surface area contributed by atoms with E-state index in [-0.39, 0.29) is 13.1 Å². The van der Waals surface area contributed by atoms with Gasteiger partial charge in [-0.3, -0.25) is 15.4 Å². The maximum atomic E-state index is 12.2. The molecule has 150 valence electrons. The van der Waals surface area contributed by atoms with Crippen molar-refractivity contribution in [1.82, 2.24) is 10.6 Å². The van der Waals surface area contributed by atoms with Gasteiger partial charge < -0.3 is 20.1 Å². The van der Waals surface area contributed by atoms with Gasteiger partial charge in [0.2, 0.25) is 5.60 Å². The molecule has 0 saturated heterocycles. The van der Waals surface area contributed by atoms with Crippen LogP contribution in [-0.4, -0.2) is 58.4 Å². The number of aliphatic carboxylic acids is 1. The molecule has 0 aromatic carbocycles. The fourth-order valence-electron chi connectivity index (χ4n) is 2.15. The fourth-order valence-corrected chi connectivity index (χ4v) is 2.15. The average molecular weight is 372 g/mol. The van der Waals surface area contributed by atoms with Crippen LogP contribution in [-0.2, 0) is 14.3 Å². The van der Waals surface area contributed by atoms with Crippen LogP contribution < -0.4 is 10.6 Å². The maximum Gasteiger partial charge on any atom is 0.348 e. The number of carbonyl (C=O) groups is 2. The molecule has 0 spiro atoms. The summed E-state index contributed by atoms with van der Waals surface area (Å²) in [6, 6.07) is 0. The average Bonchev–Trinajstić information content (AvgIpc) is 3.36. The first-order chi connectivity index (χ1) is 12.1. The normalized spacial score (nSPS) is 18.5. The summed E-state index contributed by atoms with van der Waals surface area (Å²) in [7, 11) is 0. The number of ether oxygens (including phenoxy) is 1. The zero-order valence-electron chi connectivity index (χ0n) is 15.8. The van der Waals surface area contributed by atoms with Crippen LogP contribution in [0.3, 0.4) is 0 Å². The summed E-state index contributed by atoms with van der Waals surface area (Å²) >= 11 is 0. The molecule has 26 heavy (non-hydrogen) atoms. The highest BCUT2D eigenvalue weighted by molar-refractivity contribution is 5.86. The monoisotopic (exact) mass is 372 g/mol. The van der Waals surface area contributed by atoms with Gasteiger partial charge in [0.05, 0.1) is 5.41 Å². The molecule has 0 heterocycles. The van der Waals surface area contributed by atoms with Crippen molar-refractivity contribution in [1.29, 1.82) is 0 Å². The van der Waals surface area contributed by atoms with Crippen molar-refractivity contribution < 1.29 is 29.6 Å². The van der Waals surface area contributed by atoms with E-state index in [1.165, 1.54) is 0 Å². The van der Waals surface area contributed by atoms with Gasteiger partial charge in [-0.2, -0.15) is 0 Å². The zero-order valence-corrected chi connectivity index (χ0v) is 15.8. The Morgan fingerprint density at radius 1 is 1.27 bits per heavy atom. The first kappa shape index (κ1) is 22.6. The molecular weight excluding hydrogens is 340 g/mol. The zero-order chi connectivity index (χ0) is 19.8. The van der Waals surface area contributed by atoms with Crippen LogP contribution in [0.15, 0.2) is 12.2 Å². The van der Waals surface area contributed by atoms with Crippen LogP contribution in [0.1, 0.15) is 52.9 Å². The van der Waals surface area contributed by atoms with E-state index in [4.69, 9.17) is 9.84 Å². The number of aliphatic hydroxyl groups is 2. The van der Waals surface area contributed by atoms with Gasteiger partial charge >= 0.3 is 11.9 Å². The first-order valence-corrected chi connectivity index (χ1v) is 9.09. The molecule has 0 aromatic rings. The van der Waals surface area contributed by atoms with Gasteiger partial charge in [-0.1, -0.05) is 25.8 Å². The molecule has 2 unspecified atom stereocenters. The van der Waals surface area contributed by atoms with Crippen molar-refractivity contribution in [2.45, 2.75) is 70.9 Å². The van der Waals surface area contributed by atoms with Crippen molar-refractivity contribution in [3.8, 4) is 0 Å². The standard InChI is InChI=1S/C18H32N2O6/c1-4-5-6-7-8-13(21)19-11-14(22)20-12-17(2,3)16(25)26-18(9-10-18)15(23)24/h7-8,13-14,19-22H,4-6,9-12H2,1-3H3,(H,23,24)/b8-7+. The van der Waals surface area contributed by atoms with Gasteiger partial charge in [-0.15, -0.1) is 0 Å². The Morgan fingerprint density at radius 3 is 2.46 bits per heavy atom. The van der Waals surface area contributed by atoms with E-state index >= 15 is 0 Å². The van der Waals surface area contributed by atoms with Crippen molar-refractivity contribution in [3.05, 3.63) is 12.2 Å². The largest absolute Gasteiger partial charge is 0.478 e. The van der Waals surface area contributed by atoms with E-state index in [2.05, 4.69) is 17.6 Å². The third-order valence-electron chi connectivity index (χ3n) is 4.28. The Labute approximate surface area is 154 Å². The third-order valence-corrected chi connectivity index (χ3v) is 4.28. The second kappa shape index (κ2) is 10.0. The lowest BCUT2D eigenvalue weighted by atomic mass is 9.93. The van der Waals surface area contributed by atoms with E-state index in [1.54, 1.807) is 19.9 Å². The number of unbranched alkanes of at least 4 members (excludes halogenated alkanes) is 2. The van der Waals surface area contributed by atoms with E-state index < -0.39 is 35.4 Å². The highest BCUT2D eigenvalue weighted by Crippen LogP contribution is 2.41. The van der Waals surface area contributed by atoms with E-state index in [0.29, 0.717) is 12.8 Å². The van der Waals surface area contributed by atoms with Crippen molar-refractivity contribution in [3.63, 3.8) is 0 Å². The number of carboxylic acids is 1. The number of nitrogens with one attached hydrogen (secondary N) is 2. The molecule has 0 aromatic heterocycles. The van der Waals surface area contributed by atoms with Crippen LogP contribution in [0.25, 0.3) is 0 Å². The summed E-state index contributed by atoms with van der Waals surface area (Å²) in [5.74, 6) is -1.75. The molecule has 1 saturated carbocycles. The molecule has 1 rings (SSSR count). The Morgan fingerprint density at radius 2 is 1.92 bits per heavy atom. The lowest BCUT2D eigenvalue weighted by Crippen LogP contribution is -2.48. The summed E-state index contributed by atoms with van der Waals surface area (Å²) < 4.78 is 5.14. The number of aliphatic hydroxyl groups excluding tert-OH is 2. The molecule has 0 aliphatic heterocycles. The summed E-state index contributed by atoms with van der Waals surface area (Å²) in [4.78, 5) is 23.3. The fraction of sp³-hybridized carbons (Fsp3) is 0.778. The summed E-state index contributed by atoms with van der Waals surface area (Å²) in [6.45, 7) is 5.52. The SMILES string of the molecule is CCCC/C=C/C(O)NCC(O)NCC(C)(C)C(=O)OC1(C(=O)O)CC1. The summed E-state index contributed by atoms with van der Waals surface area (Å²) in [5, 5.41) is 34.3. The van der Waals surface area contributed by atoms with Crippen LogP contribution in [0, 0.1) is 5.41 Å². The van der Waals surface area contributed by atoms with E-state index in [0.717, 1.165) is 19.3 Å². The number of hydrogen-bond acceptors (Lipinski definition) is 7. The molecule has 2 atom stereocenters. The van der Waals surface area contributed by atoms with Gasteiger partial charge in [0.25, 0.3) is 0 Å². The van der Waals surface area contributed by atoms with Crippen molar-refractivity contribution in [2.75, 3.05) is 13.1 Å². The molecule has 8 heteroatoms. The quantitative estimate of drug-likeness (QED) is 0.139. The predicted molar refractivity (Wildman–Crippen MR) is 96.2 cm³/mol. The molecule has 1 aliphatic rings. The smallest absolute Gasteiger partial charge is 0.348 e. The minimum absolute atomic E-state index is 0.0868. The number of esters is 1. The molecule has 1 fully saturated rings. The van der Waals surface area contributed by atoms with Crippen LogP contribution >= 0.6 is 0 Å². The minimum Gasteiger partial charge on any atom is -0.478 e. The van der Waals surface area contributed by atoms with Gasteiger partial charge in [0.1, 0.15) is 12.5 Å². The Balaban J connectivity index is 2.31. The van der Waals surface area contributed by atoms with Crippen LogP contribution in [0.4, 0.5) is 0 Å². The second-order valence-electron chi connectivity index (χ2n) is 7.39. The van der Waals surface area contributed by atoms with Gasteiger partial charge in [-0.05, 0) is 26.3 Å². The minimum atomic E-state index is -1.37.